The first kappa shape index (κ1) is 13.9. The average Bonchev–Trinajstić information content (AvgIpc) is 2.90. The fourth-order valence-electron chi connectivity index (χ4n) is 3.21. The van der Waals surface area contributed by atoms with Crippen molar-refractivity contribution in [3.63, 3.8) is 0 Å². The number of anilines is 1. The van der Waals surface area contributed by atoms with Crippen LogP contribution in [0.25, 0.3) is 0 Å². The van der Waals surface area contributed by atoms with Crippen LogP contribution in [0.1, 0.15) is 51.0 Å². The summed E-state index contributed by atoms with van der Waals surface area (Å²) in [5, 5.41) is 3.67. The first-order valence-electron chi connectivity index (χ1n) is 7.81. The second-order valence-electron chi connectivity index (χ2n) is 6.31. The van der Waals surface area contributed by atoms with Gasteiger partial charge in [0.15, 0.2) is 5.79 Å². The van der Waals surface area contributed by atoms with Crippen LogP contribution in [0.4, 0.5) is 5.69 Å². The third kappa shape index (κ3) is 2.99. The van der Waals surface area contributed by atoms with Gasteiger partial charge >= 0.3 is 0 Å². The summed E-state index contributed by atoms with van der Waals surface area (Å²) in [5.41, 5.74) is 2.63. The Morgan fingerprint density at radius 3 is 2.50 bits per heavy atom. The molecule has 110 valence electrons. The molecule has 1 saturated carbocycles. The molecule has 2 aliphatic rings. The zero-order valence-corrected chi connectivity index (χ0v) is 12.5. The highest BCUT2D eigenvalue weighted by Crippen LogP contribution is 2.36. The van der Waals surface area contributed by atoms with E-state index < -0.39 is 0 Å². The number of rotatable bonds is 3. The Bertz CT molecular complexity index is 442. The summed E-state index contributed by atoms with van der Waals surface area (Å²) in [6, 6.07) is 9.32. The van der Waals surface area contributed by atoms with Crippen LogP contribution in [0.3, 0.4) is 0 Å². The Balaban J connectivity index is 1.58. The van der Waals surface area contributed by atoms with Gasteiger partial charge in [-0.05, 0) is 36.5 Å². The van der Waals surface area contributed by atoms with Gasteiger partial charge in [0, 0.05) is 24.6 Å². The largest absolute Gasteiger partial charge is 0.382 e. The van der Waals surface area contributed by atoms with Gasteiger partial charge in [-0.3, -0.25) is 0 Å². The number of benzene rings is 1. The van der Waals surface area contributed by atoms with E-state index in [9.17, 15) is 0 Å². The van der Waals surface area contributed by atoms with Crippen molar-refractivity contribution >= 4 is 5.69 Å². The third-order valence-corrected chi connectivity index (χ3v) is 4.49. The minimum Gasteiger partial charge on any atom is -0.382 e. The Kier molecular flexibility index (Phi) is 3.99. The van der Waals surface area contributed by atoms with Crippen molar-refractivity contribution in [1.82, 2.24) is 0 Å². The zero-order valence-electron chi connectivity index (χ0n) is 12.5. The predicted octanol–water partition coefficient (Wildman–Crippen LogP) is 3.91. The Labute approximate surface area is 121 Å². The van der Waals surface area contributed by atoms with Crippen molar-refractivity contribution in [1.29, 1.82) is 0 Å². The van der Waals surface area contributed by atoms with E-state index in [1.807, 2.05) is 0 Å². The van der Waals surface area contributed by atoms with Crippen LogP contribution in [-0.4, -0.2) is 25.0 Å². The summed E-state index contributed by atoms with van der Waals surface area (Å²) >= 11 is 0. The molecule has 3 nitrogen and oxygen atoms in total. The molecular weight excluding hydrogens is 250 g/mol. The van der Waals surface area contributed by atoms with Gasteiger partial charge in [0.05, 0.1) is 13.2 Å². The van der Waals surface area contributed by atoms with Crippen LogP contribution in [-0.2, 0) is 9.47 Å². The number of ether oxygens (including phenoxy) is 2. The van der Waals surface area contributed by atoms with Crippen LogP contribution in [0, 0.1) is 0 Å². The van der Waals surface area contributed by atoms with Gasteiger partial charge in [0.2, 0.25) is 0 Å². The topological polar surface area (TPSA) is 30.5 Å². The number of nitrogens with one attached hydrogen (secondary N) is 1. The summed E-state index contributed by atoms with van der Waals surface area (Å²) in [4.78, 5) is 0. The molecule has 0 amide bonds. The maximum atomic E-state index is 5.78. The van der Waals surface area contributed by atoms with E-state index in [1.54, 1.807) is 0 Å². The molecule has 20 heavy (non-hydrogen) atoms. The molecule has 0 aromatic heterocycles. The SMILES string of the molecule is CC(C)c1cccc(NC2CCC3(CC2)OCCO3)c1. The van der Waals surface area contributed by atoms with Gasteiger partial charge in [-0.15, -0.1) is 0 Å². The van der Waals surface area contributed by atoms with Crippen LogP contribution in [0.2, 0.25) is 0 Å². The molecule has 0 bridgehead atoms. The summed E-state index contributed by atoms with van der Waals surface area (Å²) in [7, 11) is 0. The molecular formula is C17H25NO2. The Morgan fingerprint density at radius 1 is 1.15 bits per heavy atom. The normalized spacial score (nSPS) is 22.6. The lowest BCUT2D eigenvalue weighted by atomic mass is 9.90. The molecule has 3 heteroatoms. The van der Waals surface area contributed by atoms with Crippen LogP contribution in [0.5, 0.6) is 0 Å². The summed E-state index contributed by atoms with van der Waals surface area (Å²) in [6.07, 6.45) is 4.25. The molecule has 1 N–H and O–H groups in total. The second kappa shape index (κ2) is 5.74. The molecule has 0 unspecified atom stereocenters. The standard InChI is InChI=1S/C17H25NO2/c1-13(2)14-4-3-5-16(12-14)18-15-6-8-17(9-7-15)19-10-11-20-17/h3-5,12-13,15,18H,6-11H2,1-2H3. The molecule has 0 radical (unpaired) electrons. The lowest BCUT2D eigenvalue weighted by Crippen LogP contribution is -2.39. The van der Waals surface area contributed by atoms with E-state index in [0.29, 0.717) is 12.0 Å². The molecule has 3 rings (SSSR count). The predicted molar refractivity (Wildman–Crippen MR) is 81.0 cm³/mol. The fraction of sp³-hybridized carbons (Fsp3) is 0.647. The summed E-state index contributed by atoms with van der Waals surface area (Å²) in [5.74, 6) is 0.324. The zero-order chi connectivity index (χ0) is 14.0. The van der Waals surface area contributed by atoms with Gasteiger partial charge in [-0.25, -0.2) is 0 Å². The molecule has 1 heterocycles. The lowest BCUT2D eigenvalue weighted by Gasteiger charge is -2.36. The van der Waals surface area contributed by atoms with Crippen LogP contribution < -0.4 is 5.32 Å². The number of hydrogen-bond acceptors (Lipinski definition) is 3. The molecule has 1 saturated heterocycles. The Morgan fingerprint density at radius 2 is 1.85 bits per heavy atom. The van der Waals surface area contributed by atoms with E-state index in [0.717, 1.165) is 38.9 Å². The summed E-state index contributed by atoms with van der Waals surface area (Å²) < 4.78 is 11.6. The maximum absolute atomic E-state index is 5.78. The van der Waals surface area contributed by atoms with Crippen molar-refractivity contribution in [3.8, 4) is 0 Å². The van der Waals surface area contributed by atoms with Crippen molar-refractivity contribution in [2.75, 3.05) is 18.5 Å². The lowest BCUT2D eigenvalue weighted by molar-refractivity contribution is -0.177. The molecule has 1 spiro atoms. The van der Waals surface area contributed by atoms with Gasteiger partial charge in [0.1, 0.15) is 0 Å². The van der Waals surface area contributed by atoms with Gasteiger partial charge < -0.3 is 14.8 Å². The van der Waals surface area contributed by atoms with Crippen LogP contribution in [0.15, 0.2) is 24.3 Å². The molecule has 0 atom stereocenters. The average molecular weight is 275 g/mol. The highest BCUT2D eigenvalue weighted by Gasteiger charge is 2.40. The molecule has 1 aliphatic carbocycles. The minimum atomic E-state index is -0.252. The van der Waals surface area contributed by atoms with E-state index in [-0.39, 0.29) is 5.79 Å². The van der Waals surface area contributed by atoms with E-state index >= 15 is 0 Å². The van der Waals surface area contributed by atoms with Crippen molar-refractivity contribution in [2.24, 2.45) is 0 Å². The fourth-order valence-corrected chi connectivity index (χ4v) is 3.21. The quantitative estimate of drug-likeness (QED) is 0.907. The third-order valence-electron chi connectivity index (χ3n) is 4.49. The van der Waals surface area contributed by atoms with Gasteiger partial charge in [-0.2, -0.15) is 0 Å². The summed E-state index contributed by atoms with van der Waals surface area (Å²) in [6.45, 7) is 5.99. The van der Waals surface area contributed by atoms with E-state index in [4.69, 9.17) is 9.47 Å². The van der Waals surface area contributed by atoms with Gasteiger partial charge in [-0.1, -0.05) is 26.0 Å². The molecule has 1 aliphatic heterocycles. The molecule has 1 aromatic rings. The van der Waals surface area contributed by atoms with Crippen molar-refractivity contribution in [2.45, 2.75) is 57.3 Å². The molecule has 2 fully saturated rings. The Hall–Kier alpha value is -1.06. The number of hydrogen-bond donors (Lipinski definition) is 1. The smallest absolute Gasteiger partial charge is 0.168 e. The first-order chi connectivity index (χ1) is 9.67. The minimum absolute atomic E-state index is 0.252. The molecule has 1 aromatic carbocycles. The van der Waals surface area contributed by atoms with Crippen molar-refractivity contribution in [3.05, 3.63) is 29.8 Å². The van der Waals surface area contributed by atoms with Crippen molar-refractivity contribution < 1.29 is 9.47 Å². The second-order valence-corrected chi connectivity index (χ2v) is 6.31. The van der Waals surface area contributed by atoms with E-state index in [2.05, 4.69) is 43.4 Å². The highest BCUT2D eigenvalue weighted by atomic mass is 16.7. The maximum Gasteiger partial charge on any atom is 0.168 e. The monoisotopic (exact) mass is 275 g/mol. The first-order valence-corrected chi connectivity index (χ1v) is 7.81. The van der Waals surface area contributed by atoms with Crippen LogP contribution >= 0.6 is 0 Å². The van der Waals surface area contributed by atoms with E-state index in [1.165, 1.54) is 11.3 Å². The highest BCUT2D eigenvalue weighted by molar-refractivity contribution is 5.47. The van der Waals surface area contributed by atoms with Gasteiger partial charge in [0.25, 0.3) is 0 Å².